The number of aryl methyl sites for hydroxylation is 1. The molecule has 1 heterocycles. The molecular formula is C15H15Cl2N3O. The zero-order chi connectivity index (χ0) is 15.0. The zero-order valence-corrected chi connectivity index (χ0v) is 13.0. The summed E-state index contributed by atoms with van der Waals surface area (Å²) in [6, 6.07) is 7.33. The van der Waals surface area contributed by atoms with Crippen LogP contribution in [0, 0.1) is 5.92 Å². The Bertz CT molecular complexity index is 683. The monoisotopic (exact) mass is 323 g/mol. The number of hydrogen-bond donors (Lipinski definition) is 1. The molecule has 0 unspecified atom stereocenters. The second kappa shape index (κ2) is 5.70. The first-order chi connectivity index (χ1) is 10.1. The highest BCUT2D eigenvalue weighted by Crippen LogP contribution is 2.50. The van der Waals surface area contributed by atoms with Crippen LogP contribution in [0.15, 0.2) is 30.5 Å². The van der Waals surface area contributed by atoms with Crippen LogP contribution in [0.2, 0.25) is 10.0 Å². The Morgan fingerprint density at radius 3 is 2.90 bits per heavy atom. The van der Waals surface area contributed by atoms with E-state index in [1.807, 2.05) is 25.2 Å². The average molecular weight is 324 g/mol. The van der Waals surface area contributed by atoms with E-state index in [4.69, 9.17) is 23.2 Å². The minimum atomic E-state index is -0.00287. The predicted molar refractivity (Wildman–Crippen MR) is 82.4 cm³/mol. The van der Waals surface area contributed by atoms with Crippen LogP contribution in [-0.2, 0) is 18.4 Å². The van der Waals surface area contributed by atoms with Crippen LogP contribution in [0.25, 0.3) is 0 Å². The fourth-order valence-corrected chi connectivity index (χ4v) is 3.06. The van der Waals surface area contributed by atoms with Gasteiger partial charge >= 0.3 is 0 Å². The molecule has 1 fully saturated rings. The van der Waals surface area contributed by atoms with Gasteiger partial charge in [0.1, 0.15) is 0 Å². The molecule has 1 amide bonds. The molecule has 21 heavy (non-hydrogen) atoms. The lowest BCUT2D eigenvalue weighted by atomic mass is 10.1. The van der Waals surface area contributed by atoms with Gasteiger partial charge in [0, 0.05) is 29.2 Å². The van der Waals surface area contributed by atoms with Gasteiger partial charge in [-0.05, 0) is 36.1 Å². The Balaban J connectivity index is 1.59. The average Bonchev–Trinajstić information content (AvgIpc) is 3.12. The lowest BCUT2D eigenvalue weighted by Crippen LogP contribution is -2.26. The molecule has 1 aromatic carbocycles. The summed E-state index contributed by atoms with van der Waals surface area (Å²) in [5, 5.41) is 8.27. The molecule has 0 bridgehead atoms. The van der Waals surface area contributed by atoms with Crippen molar-refractivity contribution in [1.29, 1.82) is 0 Å². The Morgan fingerprint density at radius 2 is 2.24 bits per heavy atom. The van der Waals surface area contributed by atoms with Crippen molar-refractivity contribution in [2.24, 2.45) is 13.0 Å². The van der Waals surface area contributed by atoms with Crippen LogP contribution in [0.1, 0.15) is 23.6 Å². The number of benzene rings is 1. The van der Waals surface area contributed by atoms with Gasteiger partial charge < -0.3 is 5.32 Å². The summed E-state index contributed by atoms with van der Waals surface area (Å²) in [4.78, 5) is 12.2. The fourth-order valence-electron chi connectivity index (χ4n) is 2.51. The van der Waals surface area contributed by atoms with Crippen molar-refractivity contribution in [3.63, 3.8) is 0 Å². The molecule has 2 aromatic rings. The Labute approximate surface area is 133 Å². The number of nitrogens with zero attached hydrogens (tertiary/aromatic N) is 2. The molecule has 1 aromatic heterocycles. The lowest BCUT2D eigenvalue weighted by molar-refractivity contribution is -0.122. The predicted octanol–water partition coefficient (Wildman–Crippen LogP) is 3.15. The SMILES string of the molecule is Cn1nccc1CNC(=O)[C@@H]1C[C@@H]1c1ccc(Cl)cc1Cl. The van der Waals surface area contributed by atoms with Gasteiger partial charge in [0.05, 0.1) is 12.2 Å². The van der Waals surface area contributed by atoms with E-state index in [0.717, 1.165) is 17.7 Å². The highest BCUT2D eigenvalue weighted by atomic mass is 35.5. The molecule has 0 spiro atoms. The van der Waals surface area contributed by atoms with Crippen molar-refractivity contribution in [2.45, 2.75) is 18.9 Å². The molecule has 4 nitrogen and oxygen atoms in total. The van der Waals surface area contributed by atoms with E-state index < -0.39 is 0 Å². The highest BCUT2D eigenvalue weighted by molar-refractivity contribution is 6.35. The minimum Gasteiger partial charge on any atom is -0.350 e. The number of rotatable bonds is 4. The topological polar surface area (TPSA) is 46.9 Å². The first kappa shape index (κ1) is 14.4. The highest BCUT2D eigenvalue weighted by Gasteiger charge is 2.44. The van der Waals surface area contributed by atoms with Crippen molar-refractivity contribution in [2.75, 3.05) is 0 Å². The second-order valence-electron chi connectivity index (χ2n) is 5.28. The van der Waals surface area contributed by atoms with Gasteiger partial charge in [0.2, 0.25) is 5.91 Å². The summed E-state index contributed by atoms with van der Waals surface area (Å²) in [6.07, 6.45) is 2.55. The molecule has 6 heteroatoms. The van der Waals surface area contributed by atoms with Gasteiger partial charge in [-0.3, -0.25) is 9.48 Å². The molecule has 0 radical (unpaired) electrons. The van der Waals surface area contributed by atoms with Gasteiger partial charge in [-0.25, -0.2) is 0 Å². The summed E-state index contributed by atoms with van der Waals surface area (Å²) in [5.41, 5.74) is 1.98. The minimum absolute atomic E-state index is 0.00287. The number of halogens is 2. The first-order valence-corrected chi connectivity index (χ1v) is 7.51. The molecule has 1 aliphatic carbocycles. The molecule has 2 atom stereocenters. The van der Waals surface area contributed by atoms with Gasteiger partial charge in [0.15, 0.2) is 0 Å². The third-order valence-electron chi connectivity index (χ3n) is 3.86. The van der Waals surface area contributed by atoms with E-state index in [0.29, 0.717) is 16.6 Å². The summed E-state index contributed by atoms with van der Waals surface area (Å²) < 4.78 is 1.75. The van der Waals surface area contributed by atoms with Crippen molar-refractivity contribution in [3.05, 3.63) is 51.8 Å². The summed E-state index contributed by atoms with van der Waals surface area (Å²) in [7, 11) is 1.86. The zero-order valence-electron chi connectivity index (χ0n) is 11.5. The Hall–Kier alpha value is -1.52. The quantitative estimate of drug-likeness (QED) is 0.939. The molecule has 1 aliphatic rings. The second-order valence-corrected chi connectivity index (χ2v) is 6.12. The van der Waals surface area contributed by atoms with E-state index in [9.17, 15) is 4.79 Å². The first-order valence-electron chi connectivity index (χ1n) is 6.76. The summed E-state index contributed by atoms with van der Waals surface area (Å²) in [5.74, 6) is 0.255. The maximum Gasteiger partial charge on any atom is 0.224 e. The summed E-state index contributed by atoms with van der Waals surface area (Å²) >= 11 is 12.1. The van der Waals surface area contributed by atoms with Gasteiger partial charge in [-0.2, -0.15) is 5.10 Å². The number of hydrogen-bond acceptors (Lipinski definition) is 2. The van der Waals surface area contributed by atoms with Crippen LogP contribution in [-0.4, -0.2) is 15.7 Å². The van der Waals surface area contributed by atoms with E-state index in [1.54, 1.807) is 16.9 Å². The Morgan fingerprint density at radius 1 is 1.43 bits per heavy atom. The van der Waals surface area contributed by atoms with Gasteiger partial charge in [-0.1, -0.05) is 29.3 Å². The van der Waals surface area contributed by atoms with Crippen molar-refractivity contribution >= 4 is 29.1 Å². The third-order valence-corrected chi connectivity index (χ3v) is 4.42. The van der Waals surface area contributed by atoms with E-state index in [2.05, 4.69) is 10.4 Å². The number of aromatic nitrogens is 2. The molecule has 0 aliphatic heterocycles. The van der Waals surface area contributed by atoms with E-state index in [1.165, 1.54) is 0 Å². The van der Waals surface area contributed by atoms with Crippen LogP contribution < -0.4 is 5.32 Å². The largest absolute Gasteiger partial charge is 0.350 e. The molecule has 0 saturated heterocycles. The van der Waals surface area contributed by atoms with E-state index >= 15 is 0 Å². The van der Waals surface area contributed by atoms with Crippen LogP contribution in [0.4, 0.5) is 0 Å². The number of carbonyl (C=O) groups excluding carboxylic acids is 1. The lowest BCUT2D eigenvalue weighted by Gasteiger charge is -2.06. The molecule has 1 saturated carbocycles. The molecule has 1 N–H and O–H groups in total. The molecule has 110 valence electrons. The standard InChI is InChI=1S/C15H15Cl2N3O/c1-20-10(4-5-19-20)8-18-15(21)13-7-12(13)11-3-2-9(16)6-14(11)17/h2-6,12-13H,7-8H2,1H3,(H,18,21)/t12-,13-/m1/s1. The van der Waals surface area contributed by atoms with Crippen LogP contribution >= 0.6 is 23.2 Å². The smallest absolute Gasteiger partial charge is 0.224 e. The van der Waals surface area contributed by atoms with Crippen molar-refractivity contribution < 1.29 is 4.79 Å². The molecular weight excluding hydrogens is 309 g/mol. The van der Waals surface area contributed by atoms with Gasteiger partial charge in [-0.15, -0.1) is 0 Å². The van der Waals surface area contributed by atoms with Gasteiger partial charge in [0.25, 0.3) is 0 Å². The van der Waals surface area contributed by atoms with E-state index in [-0.39, 0.29) is 17.7 Å². The molecule has 3 rings (SSSR count). The maximum atomic E-state index is 12.2. The number of nitrogens with one attached hydrogen (secondary N) is 1. The van der Waals surface area contributed by atoms with Crippen molar-refractivity contribution in [3.8, 4) is 0 Å². The third kappa shape index (κ3) is 3.06. The summed E-state index contributed by atoms with van der Waals surface area (Å²) in [6.45, 7) is 0.493. The van der Waals surface area contributed by atoms with Crippen LogP contribution in [0.3, 0.4) is 0 Å². The van der Waals surface area contributed by atoms with Crippen molar-refractivity contribution in [1.82, 2.24) is 15.1 Å². The van der Waals surface area contributed by atoms with Crippen LogP contribution in [0.5, 0.6) is 0 Å². The Kier molecular flexibility index (Phi) is 3.91. The fraction of sp³-hybridized carbons (Fsp3) is 0.333. The number of amides is 1. The normalized spacial score (nSPS) is 20.3. The maximum absolute atomic E-state index is 12.2. The number of carbonyl (C=O) groups is 1.